The minimum absolute atomic E-state index is 0.411. The van der Waals surface area contributed by atoms with Crippen molar-refractivity contribution in [2.24, 2.45) is 5.73 Å². The zero-order chi connectivity index (χ0) is 13.9. The molecule has 2 aromatic carbocycles. The summed E-state index contributed by atoms with van der Waals surface area (Å²) < 4.78 is 0. The Morgan fingerprint density at radius 2 is 1.90 bits per heavy atom. The highest BCUT2D eigenvalue weighted by molar-refractivity contribution is 5.99. The summed E-state index contributed by atoms with van der Waals surface area (Å²) in [6.45, 7) is 0. The van der Waals surface area contributed by atoms with E-state index < -0.39 is 5.91 Å². The van der Waals surface area contributed by atoms with Crippen LogP contribution >= 0.6 is 0 Å². The first kappa shape index (κ1) is 12.2. The fourth-order valence-corrected chi connectivity index (χ4v) is 2.31. The minimum atomic E-state index is -0.411. The molecule has 0 saturated carbocycles. The third kappa shape index (κ3) is 2.21. The summed E-state index contributed by atoms with van der Waals surface area (Å²) in [5.74, 6) is -0.411. The fourth-order valence-electron chi connectivity index (χ4n) is 2.31. The number of rotatable bonds is 2. The zero-order valence-electron chi connectivity index (χ0n) is 10.8. The number of carbonyl (C=O) groups is 1. The van der Waals surface area contributed by atoms with E-state index in [1.54, 1.807) is 6.07 Å². The molecule has 3 heteroatoms. The molecule has 20 heavy (non-hydrogen) atoms. The van der Waals surface area contributed by atoms with Gasteiger partial charge in [-0.1, -0.05) is 36.4 Å². The summed E-state index contributed by atoms with van der Waals surface area (Å²) >= 11 is 0. The number of carbonyl (C=O) groups excluding carboxylic acids is 1. The maximum absolute atomic E-state index is 11.5. The summed E-state index contributed by atoms with van der Waals surface area (Å²) in [7, 11) is 0. The predicted molar refractivity (Wildman–Crippen MR) is 80.9 cm³/mol. The highest BCUT2D eigenvalue weighted by Crippen LogP contribution is 2.21. The minimum Gasteiger partial charge on any atom is -0.367 e. The van der Waals surface area contributed by atoms with Crippen molar-refractivity contribution in [2.45, 2.75) is 0 Å². The highest BCUT2D eigenvalue weighted by atomic mass is 16.1. The Kier molecular flexibility index (Phi) is 3.09. The fraction of sp³-hybridized carbons (Fsp3) is 0. The van der Waals surface area contributed by atoms with Crippen LogP contribution in [0.2, 0.25) is 0 Å². The van der Waals surface area contributed by atoms with Crippen LogP contribution in [0.1, 0.15) is 10.4 Å². The van der Waals surface area contributed by atoms with Gasteiger partial charge in [0.1, 0.15) is 0 Å². The van der Waals surface area contributed by atoms with E-state index in [9.17, 15) is 4.79 Å². The molecule has 0 aliphatic carbocycles. The first-order chi connectivity index (χ1) is 9.75. The van der Waals surface area contributed by atoms with E-state index in [4.69, 9.17) is 5.73 Å². The number of primary amides is 1. The van der Waals surface area contributed by atoms with Crippen molar-refractivity contribution in [3.05, 3.63) is 70.7 Å². The van der Waals surface area contributed by atoms with Crippen molar-refractivity contribution >= 4 is 18.2 Å². The molecule has 0 bridgehead atoms. The van der Waals surface area contributed by atoms with Gasteiger partial charge in [0.15, 0.2) is 0 Å². The smallest absolute Gasteiger partial charge is 0.249 e. The lowest BCUT2D eigenvalue weighted by Gasteiger charge is -2.07. The van der Waals surface area contributed by atoms with E-state index in [2.05, 4.69) is 5.32 Å². The topological polar surface area (TPSA) is 55.1 Å². The Morgan fingerprint density at radius 1 is 1.05 bits per heavy atom. The lowest BCUT2D eigenvalue weighted by atomic mass is 9.98. The van der Waals surface area contributed by atoms with Crippen LogP contribution in [0, 0.1) is 0 Å². The molecule has 0 aromatic heterocycles. The van der Waals surface area contributed by atoms with Crippen LogP contribution in [0.3, 0.4) is 0 Å². The molecule has 2 aromatic rings. The standard InChI is InChI=1S/C17H14N2O/c18-17(20)16-6-2-1-5-15(16)13-8-7-12-4-3-9-19-11-14(12)10-13/h1-11,19H,(H2,18,20). The summed E-state index contributed by atoms with van der Waals surface area (Å²) in [6.07, 6.45) is 7.80. The average Bonchev–Trinajstić information content (AvgIpc) is 2.71. The van der Waals surface area contributed by atoms with Crippen molar-refractivity contribution in [3.8, 4) is 11.1 Å². The van der Waals surface area contributed by atoms with E-state index in [1.165, 1.54) is 0 Å². The van der Waals surface area contributed by atoms with E-state index in [-0.39, 0.29) is 0 Å². The number of fused-ring (bicyclic) bond motifs is 1. The van der Waals surface area contributed by atoms with Gasteiger partial charge in [0.05, 0.1) is 0 Å². The van der Waals surface area contributed by atoms with Crippen LogP contribution in [-0.4, -0.2) is 5.91 Å². The molecule has 0 atom stereocenters. The molecule has 0 unspecified atom stereocenters. The molecule has 98 valence electrons. The second kappa shape index (κ2) is 5.05. The number of nitrogens with one attached hydrogen (secondary N) is 1. The van der Waals surface area contributed by atoms with Crippen LogP contribution in [0.5, 0.6) is 0 Å². The lowest BCUT2D eigenvalue weighted by Crippen LogP contribution is -2.25. The van der Waals surface area contributed by atoms with Crippen LogP contribution < -0.4 is 21.5 Å². The number of hydrogen-bond donors (Lipinski definition) is 2. The third-order valence-corrected chi connectivity index (χ3v) is 3.30. The molecule has 0 radical (unpaired) electrons. The molecule has 3 nitrogen and oxygen atoms in total. The molecular formula is C17H14N2O. The molecule has 1 aliphatic rings. The van der Waals surface area contributed by atoms with E-state index in [0.717, 1.165) is 21.6 Å². The summed E-state index contributed by atoms with van der Waals surface area (Å²) in [5.41, 5.74) is 7.81. The molecule has 0 saturated heterocycles. The van der Waals surface area contributed by atoms with Crippen LogP contribution in [0.15, 0.2) is 54.7 Å². The second-order valence-electron chi connectivity index (χ2n) is 4.59. The molecule has 1 amide bonds. The Labute approximate surface area is 116 Å². The van der Waals surface area contributed by atoms with Gasteiger partial charge in [0, 0.05) is 18.0 Å². The molecule has 0 spiro atoms. The first-order valence-electron chi connectivity index (χ1n) is 6.38. The van der Waals surface area contributed by atoms with Gasteiger partial charge in [0.25, 0.3) is 0 Å². The molecule has 3 rings (SSSR count). The van der Waals surface area contributed by atoms with Crippen molar-refractivity contribution in [1.82, 2.24) is 5.32 Å². The van der Waals surface area contributed by atoms with Gasteiger partial charge >= 0.3 is 0 Å². The Bertz CT molecular complexity index is 819. The lowest BCUT2D eigenvalue weighted by molar-refractivity contribution is 0.100. The number of nitrogens with two attached hydrogens (primary N) is 1. The van der Waals surface area contributed by atoms with Crippen molar-refractivity contribution in [2.75, 3.05) is 0 Å². The normalized spacial score (nSPS) is 12.4. The summed E-state index contributed by atoms with van der Waals surface area (Å²) in [5, 5.41) is 5.30. The summed E-state index contributed by atoms with van der Waals surface area (Å²) in [4.78, 5) is 11.5. The summed E-state index contributed by atoms with van der Waals surface area (Å²) in [6, 6.07) is 13.5. The molecule has 3 N–H and O–H groups in total. The van der Waals surface area contributed by atoms with Gasteiger partial charge in [-0.05, 0) is 39.8 Å². The molecule has 0 fully saturated rings. The van der Waals surface area contributed by atoms with Crippen LogP contribution in [0.25, 0.3) is 23.4 Å². The number of amides is 1. The Morgan fingerprint density at radius 3 is 2.75 bits per heavy atom. The van der Waals surface area contributed by atoms with Gasteiger partial charge < -0.3 is 11.1 Å². The Hall–Kier alpha value is -2.81. The average molecular weight is 262 g/mol. The number of benzene rings is 2. The second-order valence-corrected chi connectivity index (χ2v) is 4.59. The predicted octanol–water partition coefficient (Wildman–Crippen LogP) is 1.09. The van der Waals surface area contributed by atoms with Gasteiger partial charge in [-0.15, -0.1) is 0 Å². The van der Waals surface area contributed by atoms with E-state index >= 15 is 0 Å². The molecular weight excluding hydrogens is 248 g/mol. The Balaban J connectivity index is 2.21. The van der Waals surface area contributed by atoms with Crippen molar-refractivity contribution < 1.29 is 4.79 Å². The molecule has 1 aliphatic heterocycles. The third-order valence-electron chi connectivity index (χ3n) is 3.30. The maximum Gasteiger partial charge on any atom is 0.249 e. The van der Waals surface area contributed by atoms with Crippen molar-refractivity contribution in [3.63, 3.8) is 0 Å². The van der Waals surface area contributed by atoms with Crippen LogP contribution in [0.4, 0.5) is 0 Å². The van der Waals surface area contributed by atoms with Gasteiger partial charge in [0.2, 0.25) is 5.91 Å². The highest BCUT2D eigenvalue weighted by Gasteiger charge is 2.08. The monoisotopic (exact) mass is 262 g/mol. The zero-order valence-corrected chi connectivity index (χ0v) is 10.8. The van der Waals surface area contributed by atoms with Gasteiger partial charge in [-0.3, -0.25) is 4.79 Å². The van der Waals surface area contributed by atoms with E-state index in [1.807, 2.05) is 61.0 Å². The quantitative estimate of drug-likeness (QED) is 0.851. The number of allylic oxidation sites excluding steroid dienone is 1. The number of hydrogen-bond acceptors (Lipinski definition) is 2. The SMILES string of the molecule is NC(=O)c1ccccc1-c1ccc2c(c1)=CNC=CC=2. The first-order valence-corrected chi connectivity index (χ1v) is 6.38. The molecule has 1 heterocycles. The van der Waals surface area contributed by atoms with Crippen LogP contribution in [-0.2, 0) is 0 Å². The maximum atomic E-state index is 11.5. The van der Waals surface area contributed by atoms with Crippen molar-refractivity contribution in [1.29, 1.82) is 0 Å². The van der Waals surface area contributed by atoms with E-state index in [0.29, 0.717) is 5.56 Å². The van der Waals surface area contributed by atoms with Gasteiger partial charge in [-0.25, -0.2) is 0 Å². The largest absolute Gasteiger partial charge is 0.367 e. The van der Waals surface area contributed by atoms with Gasteiger partial charge in [-0.2, -0.15) is 0 Å².